The molecule has 1 aromatic carbocycles. The Morgan fingerprint density at radius 3 is 2.25 bits per heavy atom. The van der Waals surface area contributed by atoms with Crippen LogP contribution in [-0.2, 0) is 6.54 Å². The first-order valence-corrected chi connectivity index (χ1v) is 7.31. The fourth-order valence-corrected chi connectivity index (χ4v) is 3.18. The Hall–Kier alpha value is -1.00. The molecule has 1 aliphatic carbocycles. The third-order valence-electron chi connectivity index (χ3n) is 4.74. The van der Waals surface area contributed by atoms with Crippen LogP contribution in [0.5, 0.6) is 0 Å². The van der Waals surface area contributed by atoms with E-state index in [2.05, 4.69) is 11.8 Å². The Morgan fingerprint density at radius 2 is 1.75 bits per heavy atom. The molecule has 0 aliphatic heterocycles. The highest BCUT2D eigenvalue weighted by atomic mass is 19.1. The van der Waals surface area contributed by atoms with Gasteiger partial charge in [-0.15, -0.1) is 0 Å². The second-order valence-electron chi connectivity index (χ2n) is 6.24. The van der Waals surface area contributed by atoms with Gasteiger partial charge < -0.3 is 5.73 Å². The zero-order valence-corrected chi connectivity index (χ0v) is 12.3. The summed E-state index contributed by atoms with van der Waals surface area (Å²) in [6, 6.07) is 3.70. The van der Waals surface area contributed by atoms with Crippen molar-refractivity contribution in [1.29, 1.82) is 0 Å². The maximum Gasteiger partial charge on any atom is 0.126 e. The summed E-state index contributed by atoms with van der Waals surface area (Å²) in [5.74, 6) is -0.297. The van der Waals surface area contributed by atoms with E-state index in [0.717, 1.165) is 24.8 Å². The Kier molecular flexibility index (Phi) is 4.76. The number of rotatable bonds is 4. The summed E-state index contributed by atoms with van der Waals surface area (Å²) in [6.07, 6.45) is 4.44. The molecule has 0 saturated heterocycles. The number of nitrogens with zero attached hydrogens (tertiary/aromatic N) is 1. The monoisotopic (exact) mass is 282 g/mol. The molecule has 1 saturated carbocycles. The van der Waals surface area contributed by atoms with Gasteiger partial charge in [0, 0.05) is 24.7 Å². The minimum absolute atomic E-state index is 0.0324. The summed E-state index contributed by atoms with van der Waals surface area (Å²) in [5.41, 5.74) is 6.64. The van der Waals surface area contributed by atoms with Gasteiger partial charge in [0.2, 0.25) is 0 Å². The van der Waals surface area contributed by atoms with E-state index in [1.807, 2.05) is 7.05 Å². The van der Waals surface area contributed by atoms with Gasteiger partial charge in [-0.25, -0.2) is 8.78 Å². The normalized spacial score (nSPS) is 27.0. The standard InChI is InChI=1S/C16H24F2N2/c1-12-3-5-16(11-19,6-4-12)20(2)10-13-7-14(17)9-15(18)8-13/h7-9,12H,3-6,10-11,19H2,1-2H3. The molecule has 0 spiro atoms. The van der Waals surface area contributed by atoms with E-state index < -0.39 is 11.6 Å². The average Bonchev–Trinajstić information content (AvgIpc) is 2.38. The number of benzene rings is 1. The maximum atomic E-state index is 13.3. The van der Waals surface area contributed by atoms with Crippen molar-refractivity contribution < 1.29 is 8.78 Å². The lowest BCUT2D eigenvalue weighted by Crippen LogP contribution is -2.53. The average molecular weight is 282 g/mol. The minimum Gasteiger partial charge on any atom is -0.329 e. The number of hydrogen-bond donors (Lipinski definition) is 1. The van der Waals surface area contributed by atoms with Crippen LogP contribution in [0.3, 0.4) is 0 Å². The molecule has 0 radical (unpaired) electrons. The van der Waals surface area contributed by atoms with Crippen molar-refractivity contribution in [2.45, 2.75) is 44.7 Å². The smallest absolute Gasteiger partial charge is 0.126 e. The molecule has 20 heavy (non-hydrogen) atoms. The molecule has 0 heterocycles. The predicted molar refractivity (Wildman–Crippen MR) is 77.2 cm³/mol. The maximum absolute atomic E-state index is 13.3. The quantitative estimate of drug-likeness (QED) is 0.918. The lowest BCUT2D eigenvalue weighted by Gasteiger charge is -2.45. The zero-order valence-electron chi connectivity index (χ0n) is 12.3. The van der Waals surface area contributed by atoms with E-state index in [-0.39, 0.29) is 5.54 Å². The molecule has 0 bridgehead atoms. The highest BCUT2D eigenvalue weighted by Crippen LogP contribution is 2.35. The van der Waals surface area contributed by atoms with Crippen molar-refractivity contribution in [3.8, 4) is 0 Å². The van der Waals surface area contributed by atoms with Crippen molar-refractivity contribution >= 4 is 0 Å². The number of halogens is 2. The van der Waals surface area contributed by atoms with Gasteiger partial charge in [-0.05, 0) is 56.3 Å². The second kappa shape index (κ2) is 6.19. The summed E-state index contributed by atoms with van der Waals surface area (Å²) < 4.78 is 26.5. The second-order valence-corrected chi connectivity index (χ2v) is 6.24. The first-order valence-electron chi connectivity index (χ1n) is 7.31. The van der Waals surface area contributed by atoms with Gasteiger partial charge in [-0.3, -0.25) is 4.90 Å². The van der Waals surface area contributed by atoms with Gasteiger partial charge >= 0.3 is 0 Å². The van der Waals surface area contributed by atoms with E-state index in [1.165, 1.54) is 25.0 Å². The first-order chi connectivity index (χ1) is 9.45. The highest BCUT2D eigenvalue weighted by molar-refractivity contribution is 5.18. The van der Waals surface area contributed by atoms with Crippen LogP contribution >= 0.6 is 0 Å². The summed E-state index contributed by atoms with van der Waals surface area (Å²) in [6.45, 7) is 3.39. The van der Waals surface area contributed by atoms with Gasteiger partial charge in [0.25, 0.3) is 0 Å². The van der Waals surface area contributed by atoms with Crippen LogP contribution in [0.1, 0.15) is 38.2 Å². The van der Waals surface area contributed by atoms with E-state index >= 15 is 0 Å². The zero-order chi connectivity index (χ0) is 14.8. The third kappa shape index (κ3) is 3.36. The van der Waals surface area contributed by atoms with Crippen LogP contribution < -0.4 is 5.73 Å². The summed E-state index contributed by atoms with van der Waals surface area (Å²) >= 11 is 0. The van der Waals surface area contributed by atoms with E-state index in [1.54, 1.807) is 0 Å². The van der Waals surface area contributed by atoms with Gasteiger partial charge in [0.05, 0.1) is 0 Å². The molecule has 1 aliphatic rings. The SMILES string of the molecule is CC1CCC(CN)(N(C)Cc2cc(F)cc(F)c2)CC1. The lowest BCUT2D eigenvalue weighted by atomic mass is 9.76. The van der Waals surface area contributed by atoms with Crippen LogP contribution in [0.25, 0.3) is 0 Å². The van der Waals surface area contributed by atoms with Gasteiger partial charge in [0.1, 0.15) is 11.6 Å². The molecule has 0 unspecified atom stereocenters. The molecule has 4 heteroatoms. The van der Waals surface area contributed by atoms with E-state index in [0.29, 0.717) is 18.7 Å². The van der Waals surface area contributed by atoms with E-state index in [9.17, 15) is 8.78 Å². The topological polar surface area (TPSA) is 29.3 Å². The Labute approximate surface area is 120 Å². The molecule has 2 rings (SSSR count). The van der Waals surface area contributed by atoms with Crippen LogP contribution in [0.2, 0.25) is 0 Å². The molecule has 0 aromatic heterocycles. The minimum atomic E-state index is -0.521. The van der Waals surface area contributed by atoms with Gasteiger partial charge in [-0.1, -0.05) is 6.92 Å². The van der Waals surface area contributed by atoms with Crippen molar-refractivity contribution in [3.05, 3.63) is 35.4 Å². The van der Waals surface area contributed by atoms with Crippen molar-refractivity contribution in [1.82, 2.24) is 4.90 Å². The fourth-order valence-electron chi connectivity index (χ4n) is 3.18. The molecule has 1 aromatic rings. The number of hydrogen-bond acceptors (Lipinski definition) is 2. The van der Waals surface area contributed by atoms with Crippen LogP contribution in [0, 0.1) is 17.6 Å². The van der Waals surface area contributed by atoms with Crippen LogP contribution in [0.4, 0.5) is 8.78 Å². The molecular formula is C16H24F2N2. The molecule has 0 amide bonds. The molecule has 0 atom stereocenters. The third-order valence-corrected chi connectivity index (χ3v) is 4.74. The van der Waals surface area contributed by atoms with Gasteiger partial charge in [0.15, 0.2) is 0 Å². The molecule has 1 fully saturated rings. The van der Waals surface area contributed by atoms with Crippen LogP contribution in [0.15, 0.2) is 18.2 Å². The highest BCUT2D eigenvalue weighted by Gasteiger charge is 2.36. The fraction of sp³-hybridized carbons (Fsp3) is 0.625. The van der Waals surface area contributed by atoms with E-state index in [4.69, 9.17) is 5.73 Å². The van der Waals surface area contributed by atoms with Crippen molar-refractivity contribution in [3.63, 3.8) is 0 Å². The summed E-state index contributed by atoms with van der Waals surface area (Å²) in [4.78, 5) is 2.17. The van der Waals surface area contributed by atoms with Crippen molar-refractivity contribution in [2.75, 3.05) is 13.6 Å². The molecule has 2 nitrogen and oxygen atoms in total. The number of nitrogens with two attached hydrogens (primary N) is 1. The lowest BCUT2D eigenvalue weighted by molar-refractivity contribution is 0.0614. The summed E-state index contributed by atoms with van der Waals surface area (Å²) in [7, 11) is 2.01. The van der Waals surface area contributed by atoms with Crippen LogP contribution in [-0.4, -0.2) is 24.0 Å². The molecular weight excluding hydrogens is 258 g/mol. The van der Waals surface area contributed by atoms with Gasteiger partial charge in [-0.2, -0.15) is 0 Å². The predicted octanol–water partition coefficient (Wildman–Crippen LogP) is 3.30. The Balaban J connectivity index is 2.11. The first kappa shape index (κ1) is 15.4. The Bertz CT molecular complexity index is 434. The largest absolute Gasteiger partial charge is 0.329 e. The Morgan fingerprint density at radius 1 is 1.20 bits per heavy atom. The molecule has 2 N–H and O–H groups in total. The summed E-state index contributed by atoms with van der Waals surface area (Å²) in [5, 5.41) is 0. The number of likely N-dealkylation sites (N-methyl/N-ethyl adjacent to an activating group) is 1. The van der Waals surface area contributed by atoms with Crippen molar-refractivity contribution in [2.24, 2.45) is 11.7 Å². The molecule has 112 valence electrons.